The van der Waals surface area contributed by atoms with Gasteiger partial charge >= 0.3 is 0 Å². The molecule has 0 amide bonds. The molecule has 1 aliphatic rings. The topological polar surface area (TPSA) is 56.0 Å². The van der Waals surface area contributed by atoms with Crippen molar-refractivity contribution in [1.82, 2.24) is 5.32 Å². The second-order valence-corrected chi connectivity index (χ2v) is 4.27. The molecule has 0 unspecified atom stereocenters. The molecule has 1 rings (SSSR count). The molecule has 0 saturated heterocycles. The molecule has 0 aromatic rings. The molecule has 0 aromatic heterocycles. The lowest BCUT2D eigenvalue weighted by molar-refractivity contribution is 0.245. The summed E-state index contributed by atoms with van der Waals surface area (Å²) in [5, 5.41) is 20.6. The maximum Gasteiger partial charge on any atom is 0.0621 e. The van der Waals surface area contributed by atoms with Gasteiger partial charge in [0, 0.05) is 19.6 Å². The highest BCUT2D eigenvalue weighted by Gasteiger charge is 2.40. The highest BCUT2D eigenvalue weighted by molar-refractivity contribution is 4.94. The van der Waals surface area contributed by atoms with Crippen LogP contribution < -0.4 is 5.32 Å². The van der Waals surface area contributed by atoms with Crippen molar-refractivity contribution >= 4 is 0 Å². The molecule has 0 bridgehead atoms. The maximum absolute atomic E-state index is 8.85. The van der Waals surface area contributed by atoms with Gasteiger partial charge in [-0.25, -0.2) is 0 Å². The van der Waals surface area contributed by atoms with Gasteiger partial charge in [0.25, 0.3) is 0 Å². The van der Waals surface area contributed by atoms with Gasteiger partial charge in [-0.3, -0.25) is 0 Å². The zero-order valence-corrected chi connectivity index (χ0v) is 8.76. The lowest BCUT2D eigenvalue weighted by Crippen LogP contribution is -2.25. The predicted octanol–water partition coefficient (Wildman–Crippen LogP) is 1.43. The Labute approximate surface area is 86.1 Å². The summed E-state index contributed by atoms with van der Waals surface area (Å²) in [6, 6.07) is 2.15. The van der Waals surface area contributed by atoms with Gasteiger partial charge in [-0.2, -0.15) is 5.26 Å². The monoisotopic (exact) mass is 196 g/mol. The van der Waals surface area contributed by atoms with Crippen LogP contribution in [0.15, 0.2) is 0 Å². The Morgan fingerprint density at radius 2 is 2.14 bits per heavy atom. The first-order valence-corrected chi connectivity index (χ1v) is 5.51. The Balaban J connectivity index is 1.91. The average Bonchev–Trinajstić information content (AvgIpc) is 2.93. The highest BCUT2D eigenvalue weighted by atomic mass is 16.3. The number of hydrogen-bond acceptors (Lipinski definition) is 3. The van der Waals surface area contributed by atoms with E-state index in [0.29, 0.717) is 18.4 Å². The summed E-state index contributed by atoms with van der Waals surface area (Å²) in [5.41, 5.74) is 0.421. The van der Waals surface area contributed by atoms with E-state index in [1.807, 2.05) is 0 Å². The van der Waals surface area contributed by atoms with Gasteiger partial charge in [0.2, 0.25) is 0 Å². The molecular formula is C11H20N2O. The molecule has 1 saturated carbocycles. The van der Waals surface area contributed by atoms with Crippen molar-refractivity contribution in [3.05, 3.63) is 0 Å². The maximum atomic E-state index is 8.85. The Morgan fingerprint density at radius 3 is 2.71 bits per heavy atom. The number of unbranched alkanes of at least 4 members (excludes halogenated alkanes) is 2. The number of hydrogen-bond donors (Lipinski definition) is 2. The van der Waals surface area contributed by atoms with Crippen LogP contribution in [-0.2, 0) is 0 Å². The van der Waals surface area contributed by atoms with Crippen molar-refractivity contribution in [3.8, 4) is 6.07 Å². The van der Waals surface area contributed by atoms with Gasteiger partial charge in [0.05, 0.1) is 6.07 Å². The molecule has 3 heteroatoms. The van der Waals surface area contributed by atoms with Crippen LogP contribution in [0.4, 0.5) is 0 Å². The molecule has 2 N–H and O–H groups in total. The van der Waals surface area contributed by atoms with E-state index in [-0.39, 0.29) is 0 Å². The first kappa shape index (κ1) is 11.5. The third kappa shape index (κ3) is 4.08. The number of nitrogens with zero attached hydrogens (tertiary/aromatic N) is 1. The summed E-state index contributed by atoms with van der Waals surface area (Å²) in [6.45, 7) is 2.37. The van der Waals surface area contributed by atoms with Crippen LogP contribution in [0, 0.1) is 16.7 Å². The number of nitrogens with one attached hydrogen (secondary N) is 1. The Morgan fingerprint density at radius 1 is 1.36 bits per heavy atom. The van der Waals surface area contributed by atoms with Gasteiger partial charge < -0.3 is 10.4 Å². The lowest BCUT2D eigenvalue weighted by Gasteiger charge is -2.13. The van der Waals surface area contributed by atoms with Crippen LogP contribution in [0.3, 0.4) is 0 Å². The zero-order valence-electron chi connectivity index (χ0n) is 8.76. The van der Waals surface area contributed by atoms with E-state index >= 15 is 0 Å². The Bertz CT molecular complexity index is 194. The first-order chi connectivity index (χ1) is 6.83. The molecule has 0 atom stereocenters. The molecule has 0 radical (unpaired) electrons. The van der Waals surface area contributed by atoms with Crippen molar-refractivity contribution in [3.63, 3.8) is 0 Å². The lowest BCUT2D eigenvalue weighted by atomic mass is 10.0. The van der Waals surface area contributed by atoms with E-state index in [9.17, 15) is 0 Å². The average molecular weight is 196 g/mol. The van der Waals surface area contributed by atoms with Crippen molar-refractivity contribution in [2.75, 3.05) is 19.7 Å². The molecule has 1 aliphatic carbocycles. The standard InChI is InChI=1S/C11H20N2O/c12-7-2-1-3-8-13-10-11(4-5-11)6-9-14/h13-14H,1-6,8-10H2. The largest absolute Gasteiger partial charge is 0.396 e. The third-order valence-corrected chi connectivity index (χ3v) is 2.99. The van der Waals surface area contributed by atoms with Crippen LogP contribution in [0.1, 0.15) is 38.5 Å². The van der Waals surface area contributed by atoms with Crippen LogP contribution in [0.2, 0.25) is 0 Å². The fourth-order valence-electron chi connectivity index (χ4n) is 1.74. The summed E-state index contributed by atoms with van der Waals surface area (Å²) in [6.07, 6.45) is 6.22. The molecule has 0 spiro atoms. The number of aliphatic hydroxyl groups is 1. The molecular weight excluding hydrogens is 176 g/mol. The zero-order chi connectivity index (χ0) is 10.3. The van der Waals surface area contributed by atoms with Gasteiger partial charge in [0.1, 0.15) is 0 Å². The van der Waals surface area contributed by atoms with E-state index in [2.05, 4.69) is 11.4 Å². The van der Waals surface area contributed by atoms with Gasteiger partial charge in [-0.05, 0) is 44.1 Å². The van der Waals surface area contributed by atoms with E-state index < -0.39 is 0 Å². The van der Waals surface area contributed by atoms with Crippen LogP contribution >= 0.6 is 0 Å². The minimum Gasteiger partial charge on any atom is -0.396 e. The van der Waals surface area contributed by atoms with Crippen molar-refractivity contribution in [2.45, 2.75) is 38.5 Å². The Kier molecular flexibility index (Phi) is 4.92. The minimum absolute atomic E-state index is 0.316. The van der Waals surface area contributed by atoms with Gasteiger partial charge in [0.15, 0.2) is 0 Å². The predicted molar refractivity (Wildman–Crippen MR) is 55.7 cm³/mol. The van der Waals surface area contributed by atoms with E-state index in [4.69, 9.17) is 10.4 Å². The first-order valence-electron chi connectivity index (χ1n) is 5.51. The number of aliphatic hydroxyl groups excluding tert-OH is 1. The smallest absolute Gasteiger partial charge is 0.0621 e. The molecule has 0 aromatic carbocycles. The third-order valence-electron chi connectivity index (χ3n) is 2.99. The quantitative estimate of drug-likeness (QED) is 0.577. The summed E-state index contributed by atoms with van der Waals surface area (Å²) >= 11 is 0. The summed E-state index contributed by atoms with van der Waals surface area (Å²) in [4.78, 5) is 0. The second-order valence-electron chi connectivity index (χ2n) is 4.27. The second kappa shape index (κ2) is 6.00. The van der Waals surface area contributed by atoms with Crippen molar-refractivity contribution in [1.29, 1.82) is 5.26 Å². The fourth-order valence-corrected chi connectivity index (χ4v) is 1.74. The minimum atomic E-state index is 0.316. The summed E-state index contributed by atoms with van der Waals surface area (Å²) < 4.78 is 0. The van der Waals surface area contributed by atoms with Crippen molar-refractivity contribution in [2.24, 2.45) is 5.41 Å². The number of nitriles is 1. The fraction of sp³-hybridized carbons (Fsp3) is 0.909. The molecule has 3 nitrogen and oxygen atoms in total. The van der Waals surface area contributed by atoms with E-state index in [0.717, 1.165) is 32.4 Å². The molecule has 14 heavy (non-hydrogen) atoms. The van der Waals surface area contributed by atoms with E-state index in [1.165, 1.54) is 12.8 Å². The van der Waals surface area contributed by atoms with E-state index in [1.54, 1.807) is 0 Å². The van der Waals surface area contributed by atoms with Gasteiger partial charge in [-0.15, -0.1) is 0 Å². The SMILES string of the molecule is N#CCCCCNCC1(CCO)CC1. The normalized spacial score (nSPS) is 17.7. The molecule has 0 aliphatic heterocycles. The van der Waals surface area contributed by atoms with Crippen molar-refractivity contribution < 1.29 is 5.11 Å². The van der Waals surface area contributed by atoms with Crippen LogP contribution in [0.25, 0.3) is 0 Å². The summed E-state index contributed by atoms with van der Waals surface area (Å²) in [5.74, 6) is 0. The molecule has 0 heterocycles. The summed E-state index contributed by atoms with van der Waals surface area (Å²) in [7, 11) is 0. The number of rotatable bonds is 8. The molecule has 1 fully saturated rings. The van der Waals surface area contributed by atoms with Crippen LogP contribution in [0.5, 0.6) is 0 Å². The Hall–Kier alpha value is -0.590. The molecule has 80 valence electrons. The highest BCUT2D eigenvalue weighted by Crippen LogP contribution is 2.47. The van der Waals surface area contributed by atoms with Gasteiger partial charge in [-0.1, -0.05) is 0 Å². The van der Waals surface area contributed by atoms with Crippen LogP contribution in [-0.4, -0.2) is 24.8 Å².